The molecular weight excluding hydrogens is 426 g/mol. The highest BCUT2D eigenvalue weighted by Gasteiger charge is 2.51. The molecule has 5 heteroatoms. The number of amides is 1. The lowest BCUT2D eigenvalue weighted by Gasteiger charge is -2.35. The van der Waals surface area contributed by atoms with E-state index in [2.05, 4.69) is 38.1 Å². The molecule has 2 aromatic carbocycles. The fourth-order valence-electron chi connectivity index (χ4n) is 5.57. The molecule has 0 radical (unpaired) electrons. The van der Waals surface area contributed by atoms with Crippen LogP contribution in [0, 0.1) is 5.92 Å². The van der Waals surface area contributed by atoms with Gasteiger partial charge in [-0.05, 0) is 60.4 Å². The van der Waals surface area contributed by atoms with Gasteiger partial charge in [-0.3, -0.25) is 9.59 Å². The third-order valence-corrected chi connectivity index (χ3v) is 7.58. The van der Waals surface area contributed by atoms with Crippen molar-refractivity contribution in [3.63, 3.8) is 0 Å². The second-order valence-corrected chi connectivity index (χ2v) is 9.97. The maximum atomic E-state index is 13.7. The van der Waals surface area contributed by atoms with Gasteiger partial charge in [-0.15, -0.1) is 0 Å². The average Bonchev–Trinajstić information content (AvgIpc) is 3.15. The summed E-state index contributed by atoms with van der Waals surface area (Å²) in [6, 6.07) is 15.9. The van der Waals surface area contributed by atoms with Crippen molar-refractivity contribution in [2.24, 2.45) is 5.92 Å². The SMILES string of the molecule is COc1ccc(CCN2C(=O)C3=C(C(=O)C4CCCCC4O3)C2c2ccc(C(C)C)cc2)cc1. The number of methoxy groups -OCH3 is 1. The lowest BCUT2D eigenvalue weighted by atomic mass is 9.77. The minimum Gasteiger partial charge on any atom is -0.497 e. The molecule has 1 amide bonds. The van der Waals surface area contributed by atoms with Crippen LogP contribution in [0.1, 0.15) is 68.2 Å². The van der Waals surface area contributed by atoms with Gasteiger partial charge in [0.1, 0.15) is 11.9 Å². The van der Waals surface area contributed by atoms with Crippen molar-refractivity contribution in [2.75, 3.05) is 13.7 Å². The summed E-state index contributed by atoms with van der Waals surface area (Å²) in [5, 5.41) is 0. The molecule has 1 saturated carbocycles. The van der Waals surface area contributed by atoms with Crippen molar-refractivity contribution < 1.29 is 19.1 Å². The highest BCUT2D eigenvalue weighted by molar-refractivity contribution is 6.11. The van der Waals surface area contributed by atoms with Crippen LogP contribution in [0.3, 0.4) is 0 Å². The molecule has 0 aromatic heterocycles. The zero-order valence-corrected chi connectivity index (χ0v) is 20.3. The van der Waals surface area contributed by atoms with Gasteiger partial charge >= 0.3 is 0 Å². The van der Waals surface area contributed by atoms with Crippen LogP contribution in [0.4, 0.5) is 0 Å². The molecule has 178 valence electrons. The summed E-state index contributed by atoms with van der Waals surface area (Å²) in [5.41, 5.74) is 3.91. The highest BCUT2D eigenvalue weighted by atomic mass is 16.5. The van der Waals surface area contributed by atoms with Crippen molar-refractivity contribution in [2.45, 2.75) is 64.0 Å². The number of Topliss-reactive ketones (excluding diaryl/α,β-unsaturated/α-hetero) is 1. The summed E-state index contributed by atoms with van der Waals surface area (Å²) in [6.07, 6.45) is 4.32. The number of carbonyl (C=O) groups is 2. The fraction of sp³-hybridized carbons (Fsp3) is 0.448. The molecule has 0 bridgehead atoms. The Balaban J connectivity index is 1.48. The largest absolute Gasteiger partial charge is 0.497 e. The van der Waals surface area contributed by atoms with Gasteiger partial charge in [-0.25, -0.2) is 0 Å². The second kappa shape index (κ2) is 9.28. The Hall–Kier alpha value is -3.08. The third-order valence-electron chi connectivity index (χ3n) is 7.58. The molecule has 3 aliphatic rings. The van der Waals surface area contributed by atoms with Crippen LogP contribution in [0.5, 0.6) is 5.75 Å². The predicted octanol–water partition coefficient (Wildman–Crippen LogP) is 5.36. The molecule has 0 N–H and O–H groups in total. The maximum Gasteiger partial charge on any atom is 0.290 e. The van der Waals surface area contributed by atoms with Gasteiger partial charge in [0.25, 0.3) is 5.91 Å². The number of rotatable bonds is 6. The van der Waals surface area contributed by atoms with Gasteiger partial charge in [0.2, 0.25) is 0 Å². The number of hydrogen-bond donors (Lipinski definition) is 0. The van der Waals surface area contributed by atoms with E-state index in [1.165, 1.54) is 5.56 Å². The average molecular weight is 460 g/mol. The lowest BCUT2D eigenvalue weighted by Crippen LogP contribution is -2.39. The van der Waals surface area contributed by atoms with Gasteiger partial charge in [-0.2, -0.15) is 0 Å². The van der Waals surface area contributed by atoms with Gasteiger partial charge in [0.15, 0.2) is 11.5 Å². The predicted molar refractivity (Wildman–Crippen MR) is 131 cm³/mol. The van der Waals surface area contributed by atoms with E-state index in [1.54, 1.807) is 7.11 Å². The van der Waals surface area contributed by atoms with E-state index >= 15 is 0 Å². The molecule has 5 rings (SSSR count). The zero-order valence-electron chi connectivity index (χ0n) is 20.3. The van der Waals surface area contributed by atoms with Crippen molar-refractivity contribution in [1.82, 2.24) is 4.90 Å². The summed E-state index contributed by atoms with van der Waals surface area (Å²) < 4.78 is 11.5. The Labute approximate surface area is 201 Å². The van der Waals surface area contributed by atoms with Crippen molar-refractivity contribution in [1.29, 1.82) is 0 Å². The summed E-state index contributed by atoms with van der Waals surface area (Å²) >= 11 is 0. The summed E-state index contributed by atoms with van der Waals surface area (Å²) in [7, 11) is 1.65. The number of nitrogens with zero attached hydrogens (tertiary/aromatic N) is 1. The molecule has 1 fully saturated rings. The standard InChI is InChI=1S/C29H33NO4/c1-18(2)20-10-12-21(13-11-20)26-25-27(31)23-6-4-5-7-24(23)34-28(25)29(32)30(26)17-16-19-8-14-22(33-3)15-9-19/h8-15,18,23-24,26H,4-7,16-17H2,1-3H3. The van der Waals surface area contributed by atoms with Crippen LogP contribution < -0.4 is 4.74 Å². The van der Waals surface area contributed by atoms with E-state index < -0.39 is 6.04 Å². The number of fused-ring (bicyclic) bond motifs is 1. The van der Waals surface area contributed by atoms with Gasteiger partial charge in [-0.1, -0.05) is 56.7 Å². The summed E-state index contributed by atoms with van der Waals surface area (Å²) in [6.45, 7) is 4.84. The molecule has 3 atom stereocenters. The third kappa shape index (κ3) is 4.02. The van der Waals surface area contributed by atoms with Crippen LogP contribution in [0.2, 0.25) is 0 Å². The number of hydrogen-bond acceptors (Lipinski definition) is 4. The van der Waals surface area contributed by atoms with Crippen LogP contribution in [0.25, 0.3) is 0 Å². The first kappa shape index (κ1) is 22.7. The number of ketones is 1. The van der Waals surface area contributed by atoms with Crippen LogP contribution in [-0.4, -0.2) is 36.3 Å². The Morgan fingerprint density at radius 2 is 1.71 bits per heavy atom. The van der Waals surface area contributed by atoms with E-state index in [0.717, 1.165) is 42.6 Å². The Morgan fingerprint density at radius 1 is 1.00 bits per heavy atom. The molecular formula is C29H33NO4. The Bertz CT molecular complexity index is 1100. The lowest BCUT2D eigenvalue weighted by molar-refractivity contribution is -0.135. The quantitative estimate of drug-likeness (QED) is 0.584. The van der Waals surface area contributed by atoms with Crippen LogP contribution >= 0.6 is 0 Å². The van der Waals surface area contributed by atoms with Crippen molar-refractivity contribution in [3.05, 3.63) is 76.6 Å². The minimum atomic E-state index is -0.391. The topological polar surface area (TPSA) is 55.8 Å². The van der Waals surface area contributed by atoms with Gasteiger partial charge in [0, 0.05) is 6.54 Å². The van der Waals surface area contributed by atoms with E-state index in [-0.39, 0.29) is 23.7 Å². The first-order valence-electron chi connectivity index (χ1n) is 12.5. The molecule has 0 spiro atoms. The molecule has 5 nitrogen and oxygen atoms in total. The molecule has 0 saturated heterocycles. The first-order valence-corrected chi connectivity index (χ1v) is 12.5. The van der Waals surface area contributed by atoms with Gasteiger partial charge in [0.05, 0.1) is 24.6 Å². The minimum absolute atomic E-state index is 0.115. The summed E-state index contributed by atoms with van der Waals surface area (Å²) in [5.74, 6) is 1.36. The Morgan fingerprint density at radius 3 is 2.38 bits per heavy atom. The molecule has 3 unspecified atom stereocenters. The highest BCUT2D eigenvalue weighted by Crippen LogP contribution is 2.46. The first-order chi connectivity index (χ1) is 16.5. The summed E-state index contributed by atoms with van der Waals surface area (Å²) in [4.78, 5) is 29.2. The maximum absolute atomic E-state index is 13.7. The number of ether oxygens (including phenoxy) is 2. The van der Waals surface area contributed by atoms with E-state index in [1.807, 2.05) is 29.2 Å². The van der Waals surface area contributed by atoms with E-state index in [0.29, 0.717) is 30.2 Å². The van der Waals surface area contributed by atoms with Crippen LogP contribution in [-0.2, 0) is 20.7 Å². The molecule has 1 aliphatic carbocycles. The van der Waals surface area contributed by atoms with E-state index in [9.17, 15) is 9.59 Å². The molecule has 2 heterocycles. The van der Waals surface area contributed by atoms with Crippen molar-refractivity contribution in [3.8, 4) is 5.75 Å². The molecule has 34 heavy (non-hydrogen) atoms. The Kier molecular flexibility index (Phi) is 6.20. The number of benzene rings is 2. The van der Waals surface area contributed by atoms with Crippen LogP contribution in [0.15, 0.2) is 59.9 Å². The normalized spacial score (nSPS) is 24.2. The van der Waals surface area contributed by atoms with Gasteiger partial charge < -0.3 is 14.4 Å². The zero-order chi connectivity index (χ0) is 23.8. The number of carbonyl (C=O) groups excluding carboxylic acids is 2. The van der Waals surface area contributed by atoms with Crippen molar-refractivity contribution >= 4 is 11.7 Å². The monoisotopic (exact) mass is 459 g/mol. The molecule has 2 aromatic rings. The second-order valence-electron chi connectivity index (χ2n) is 9.97. The van der Waals surface area contributed by atoms with E-state index in [4.69, 9.17) is 9.47 Å². The smallest absolute Gasteiger partial charge is 0.290 e. The molecule has 2 aliphatic heterocycles. The fourth-order valence-corrected chi connectivity index (χ4v) is 5.57.